The maximum Gasteiger partial charge on any atom is 0.326 e. The van der Waals surface area contributed by atoms with Crippen molar-refractivity contribution in [3.05, 3.63) is 107 Å². The van der Waals surface area contributed by atoms with Crippen molar-refractivity contribution in [3.8, 4) is 33.8 Å². The van der Waals surface area contributed by atoms with Gasteiger partial charge < -0.3 is 41.5 Å². The van der Waals surface area contributed by atoms with Crippen LogP contribution in [-0.2, 0) is 36.8 Å². The van der Waals surface area contributed by atoms with Gasteiger partial charge in [0.2, 0.25) is 23.6 Å². The fourth-order valence-electron chi connectivity index (χ4n) is 6.34. The summed E-state index contributed by atoms with van der Waals surface area (Å²) in [6, 6.07) is 21.1. The van der Waals surface area contributed by atoms with Gasteiger partial charge in [0, 0.05) is 43.1 Å². The minimum absolute atomic E-state index is 0.00414. The molecule has 4 aromatic rings. The topological polar surface area (TPSA) is 214 Å². The lowest BCUT2D eigenvalue weighted by molar-refractivity contribution is -0.142. The molecular weight excluding hydrogens is 718 g/mol. The summed E-state index contributed by atoms with van der Waals surface area (Å²) in [7, 11) is 1.32. The van der Waals surface area contributed by atoms with Gasteiger partial charge in [0.15, 0.2) is 0 Å². The molecule has 5 rings (SSSR count). The van der Waals surface area contributed by atoms with Crippen LogP contribution in [0.2, 0.25) is 0 Å². The van der Waals surface area contributed by atoms with Crippen LogP contribution < -0.4 is 21.3 Å². The normalized spacial score (nSPS) is 15.4. The molecule has 0 saturated carbocycles. The van der Waals surface area contributed by atoms with E-state index in [1.54, 1.807) is 12.1 Å². The number of aryl methyl sites for hydroxylation is 1. The number of hydrogen-bond acceptors (Lipinski definition) is 8. The number of hydrogen-bond donors (Lipinski definition) is 7. The van der Waals surface area contributed by atoms with Crippen LogP contribution in [0.25, 0.3) is 22.3 Å². The van der Waals surface area contributed by atoms with Gasteiger partial charge in [0.05, 0.1) is 13.1 Å². The second-order valence-electron chi connectivity index (χ2n) is 13.6. The van der Waals surface area contributed by atoms with E-state index in [-0.39, 0.29) is 53.5 Å². The third-order valence-electron chi connectivity index (χ3n) is 9.54. The van der Waals surface area contributed by atoms with Crippen molar-refractivity contribution < 1.29 is 44.1 Å². The minimum Gasteiger partial charge on any atom is -0.507 e. The van der Waals surface area contributed by atoms with Crippen molar-refractivity contribution in [3.63, 3.8) is 0 Å². The Bertz CT molecular complexity index is 2100. The highest BCUT2D eigenvalue weighted by Crippen LogP contribution is 2.38. The summed E-state index contributed by atoms with van der Waals surface area (Å²) >= 11 is 0. The van der Waals surface area contributed by atoms with Crippen LogP contribution >= 0.6 is 0 Å². The number of benzene rings is 4. The molecule has 4 aromatic carbocycles. The number of phenolic OH excluding ortho intramolecular Hbond substituents is 2. The van der Waals surface area contributed by atoms with Crippen molar-refractivity contribution in [2.45, 2.75) is 51.1 Å². The van der Waals surface area contributed by atoms with E-state index in [9.17, 15) is 44.1 Å². The summed E-state index contributed by atoms with van der Waals surface area (Å²) in [5.41, 5.74) is 4.59. The first-order valence-electron chi connectivity index (χ1n) is 18.3. The standard InChI is InChI=1S/C42H45N5O9/c1-3-4-5-25-6-9-27(10-7-25)28-11-13-29(14-12-28)40(53)43-19-18-36(50)44-24-38(52)47(2)39-30-15-17-35(49)32(22-30)31-20-26(8-16-34(31)48)21-33(42(55)56)46-37(51)23-45-41(39)54/h6-17,20,22,33,39,48-49H,3-5,18-19,21,23-24H2,1-2H3,(H,43,53)(H,44,50)(H,45,54)(H,46,51)(H,55,56). The summed E-state index contributed by atoms with van der Waals surface area (Å²) in [6.45, 7) is 1.04. The lowest BCUT2D eigenvalue weighted by Crippen LogP contribution is -2.49. The van der Waals surface area contributed by atoms with Gasteiger partial charge in [-0.1, -0.05) is 61.9 Å². The average Bonchev–Trinajstić information content (AvgIpc) is 3.19. The number of carbonyl (C=O) groups excluding carboxylic acids is 5. The first kappa shape index (κ1) is 40.5. The third kappa shape index (κ3) is 10.3. The first-order chi connectivity index (χ1) is 26.8. The van der Waals surface area contributed by atoms with Crippen LogP contribution in [0.4, 0.5) is 0 Å². The van der Waals surface area contributed by atoms with E-state index >= 15 is 0 Å². The van der Waals surface area contributed by atoms with Crippen LogP contribution in [0.15, 0.2) is 84.9 Å². The monoisotopic (exact) mass is 763 g/mol. The van der Waals surface area contributed by atoms with Crippen LogP contribution in [0, 0.1) is 0 Å². The molecule has 5 amide bonds. The highest BCUT2D eigenvalue weighted by molar-refractivity contribution is 5.96. The number of nitrogens with one attached hydrogen (secondary N) is 4. The van der Waals surface area contributed by atoms with Gasteiger partial charge in [0.1, 0.15) is 23.6 Å². The summed E-state index contributed by atoms with van der Waals surface area (Å²) < 4.78 is 0. The van der Waals surface area contributed by atoms with Crippen molar-refractivity contribution in [1.82, 2.24) is 26.2 Å². The Morgan fingerprint density at radius 3 is 2.14 bits per heavy atom. The van der Waals surface area contributed by atoms with Crippen LogP contribution in [0.3, 0.4) is 0 Å². The Hall–Kier alpha value is -6.70. The van der Waals surface area contributed by atoms with E-state index in [4.69, 9.17) is 0 Å². The van der Waals surface area contributed by atoms with E-state index < -0.39 is 54.8 Å². The largest absolute Gasteiger partial charge is 0.507 e. The van der Waals surface area contributed by atoms with Gasteiger partial charge in [-0.3, -0.25) is 24.0 Å². The molecule has 0 spiro atoms. The van der Waals surface area contributed by atoms with E-state index in [0.29, 0.717) is 11.1 Å². The predicted octanol–water partition coefficient (Wildman–Crippen LogP) is 3.45. The summed E-state index contributed by atoms with van der Waals surface area (Å²) in [5.74, 6) is -5.02. The van der Waals surface area contributed by atoms with Crippen molar-refractivity contribution in [2.75, 3.05) is 26.7 Å². The number of aromatic hydroxyl groups is 2. The second kappa shape index (κ2) is 18.6. The number of phenols is 2. The molecule has 2 atom stereocenters. The quantitative estimate of drug-likeness (QED) is 0.112. The molecule has 292 valence electrons. The number of carboxylic acids is 1. The highest BCUT2D eigenvalue weighted by atomic mass is 16.4. The molecule has 0 saturated heterocycles. The predicted molar refractivity (Wildman–Crippen MR) is 207 cm³/mol. The molecule has 0 aromatic heterocycles. The molecule has 0 fully saturated rings. The molecule has 14 heteroatoms. The van der Waals surface area contributed by atoms with Crippen molar-refractivity contribution in [1.29, 1.82) is 0 Å². The zero-order valence-electron chi connectivity index (χ0n) is 31.1. The van der Waals surface area contributed by atoms with Gasteiger partial charge in [0.25, 0.3) is 5.91 Å². The maximum absolute atomic E-state index is 13.6. The van der Waals surface area contributed by atoms with Gasteiger partial charge >= 0.3 is 5.97 Å². The minimum atomic E-state index is -1.38. The van der Waals surface area contributed by atoms with E-state index in [0.717, 1.165) is 35.3 Å². The van der Waals surface area contributed by atoms with Gasteiger partial charge in [-0.25, -0.2) is 4.79 Å². The molecular formula is C42H45N5O9. The van der Waals surface area contributed by atoms with E-state index in [2.05, 4.69) is 52.5 Å². The molecule has 2 unspecified atom stereocenters. The molecule has 14 nitrogen and oxygen atoms in total. The number of amides is 5. The number of aliphatic carboxylic acids is 1. The van der Waals surface area contributed by atoms with Crippen molar-refractivity contribution in [2.24, 2.45) is 0 Å². The van der Waals surface area contributed by atoms with Crippen molar-refractivity contribution >= 4 is 35.5 Å². The van der Waals surface area contributed by atoms with E-state index in [1.807, 2.05) is 12.1 Å². The smallest absolute Gasteiger partial charge is 0.326 e. The Morgan fingerprint density at radius 1 is 0.839 bits per heavy atom. The number of fused-ring (bicyclic) bond motifs is 5. The summed E-state index contributed by atoms with van der Waals surface area (Å²) in [4.78, 5) is 78.1. The van der Waals surface area contributed by atoms with Gasteiger partial charge in [-0.2, -0.15) is 0 Å². The Kier molecular flexibility index (Phi) is 13.4. The number of rotatable bonds is 12. The number of carbonyl (C=O) groups is 6. The van der Waals surface area contributed by atoms with Crippen LogP contribution in [-0.4, -0.2) is 88.4 Å². The molecule has 0 radical (unpaired) electrons. The molecule has 1 heterocycles. The Labute approximate surface area is 323 Å². The maximum atomic E-state index is 13.6. The summed E-state index contributed by atoms with van der Waals surface area (Å²) in [6.07, 6.45) is 3.02. The Morgan fingerprint density at radius 2 is 1.48 bits per heavy atom. The lowest BCUT2D eigenvalue weighted by atomic mass is 9.94. The zero-order chi connectivity index (χ0) is 40.4. The second-order valence-corrected chi connectivity index (χ2v) is 13.6. The fourth-order valence-corrected chi connectivity index (χ4v) is 6.34. The first-order valence-corrected chi connectivity index (χ1v) is 18.3. The highest BCUT2D eigenvalue weighted by Gasteiger charge is 2.31. The van der Waals surface area contributed by atoms with Crippen LogP contribution in [0.1, 0.15) is 59.3 Å². The number of carboxylic acid groups (broad SMARTS) is 1. The molecule has 1 aliphatic heterocycles. The summed E-state index contributed by atoms with van der Waals surface area (Å²) in [5, 5.41) is 41.2. The molecule has 56 heavy (non-hydrogen) atoms. The molecule has 7 N–H and O–H groups in total. The van der Waals surface area contributed by atoms with E-state index in [1.165, 1.54) is 49.0 Å². The lowest BCUT2D eigenvalue weighted by Gasteiger charge is -2.28. The van der Waals surface area contributed by atoms with Gasteiger partial charge in [-0.05, 0) is 77.1 Å². The number of nitrogens with zero attached hydrogens (tertiary/aromatic N) is 1. The van der Waals surface area contributed by atoms with Crippen LogP contribution in [0.5, 0.6) is 11.5 Å². The fraction of sp³-hybridized carbons (Fsp3) is 0.286. The SMILES string of the molecule is CCCCc1ccc(-c2ccc(C(=O)NCCC(=O)NCC(=O)N(C)C3C(=O)NCC(=O)NC(C(=O)O)Cc4ccc(O)c(c4)-c4cc3ccc4O)cc2)cc1. The molecule has 4 bridgehead atoms. The number of unbranched alkanes of at least 4 members (excludes halogenated alkanes) is 1. The zero-order valence-corrected chi connectivity index (χ0v) is 31.1. The number of likely N-dealkylation sites (N-methyl/N-ethyl adjacent to an activating group) is 1. The Balaban J connectivity index is 1.21. The molecule has 0 aliphatic carbocycles. The third-order valence-corrected chi connectivity index (χ3v) is 9.54. The average molecular weight is 764 g/mol. The van der Waals surface area contributed by atoms with Gasteiger partial charge in [-0.15, -0.1) is 0 Å². The molecule has 1 aliphatic rings.